The lowest BCUT2D eigenvalue weighted by atomic mass is 9.77. The number of aliphatic hydroxyl groups excluding tert-OH is 5. The number of hydrogen-bond donors (Lipinski definition) is 6. The van der Waals surface area contributed by atoms with Crippen molar-refractivity contribution in [1.29, 1.82) is 0 Å². The molecule has 4 atom stereocenters. The van der Waals surface area contributed by atoms with E-state index in [1.807, 2.05) is 62.4 Å². The summed E-state index contributed by atoms with van der Waals surface area (Å²) in [6.45, 7) is 4.01. The minimum Gasteiger partial charge on any atom is -0.494 e. The summed E-state index contributed by atoms with van der Waals surface area (Å²) < 4.78 is 11.1. The van der Waals surface area contributed by atoms with E-state index in [9.17, 15) is 30.6 Å². The van der Waals surface area contributed by atoms with Gasteiger partial charge in [-0.15, -0.1) is 0 Å². The molecule has 10 heteroatoms. The summed E-state index contributed by atoms with van der Waals surface area (Å²) in [6, 6.07) is 24.5. The van der Waals surface area contributed by atoms with E-state index in [1.165, 1.54) is 12.1 Å². The van der Waals surface area contributed by atoms with Gasteiger partial charge in [0.25, 0.3) is 0 Å². The molecule has 0 saturated heterocycles. The normalized spacial score (nSPS) is 14.4. The van der Waals surface area contributed by atoms with Gasteiger partial charge in [-0.1, -0.05) is 71.7 Å². The summed E-state index contributed by atoms with van der Waals surface area (Å²) in [6.07, 6.45) is -7.12. The average molecular weight is 672 g/mol. The molecule has 4 rings (SSSR count). The van der Waals surface area contributed by atoms with Crippen molar-refractivity contribution < 1.29 is 40.1 Å². The molecule has 0 aliphatic heterocycles. The molecule has 46 heavy (non-hydrogen) atoms. The fourth-order valence-corrected chi connectivity index (χ4v) is 5.72. The van der Waals surface area contributed by atoms with Crippen LogP contribution in [0.2, 0.25) is 10.0 Å². The van der Waals surface area contributed by atoms with Crippen LogP contribution in [-0.2, 0) is 18.4 Å². The molecule has 8 nitrogen and oxygen atoms in total. The Morgan fingerprint density at radius 2 is 1.04 bits per heavy atom. The topological polar surface area (TPSA) is 140 Å². The van der Waals surface area contributed by atoms with E-state index in [1.54, 1.807) is 24.3 Å². The van der Waals surface area contributed by atoms with Crippen LogP contribution >= 0.6 is 23.2 Å². The average Bonchev–Trinajstić information content (AvgIpc) is 3.07. The van der Waals surface area contributed by atoms with Gasteiger partial charge in [0.15, 0.2) is 0 Å². The Balaban J connectivity index is 1.78. The molecule has 4 unspecified atom stereocenters. The van der Waals surface area contributed by atoms with Crippen LogP contribution in [0.25, 0.3) is 0 Å². The van der Waals surface area contributed by atoms with Crippen LogP contribution in [0.15, 0.2) is 84.9 Å². The molecule has 4 aromatic rings. The molecule has 0 bridgehead atoms. The molecule has 246 valence electrons. The van der Waals surface area contributed by atoms with E-state index in [0.29, 0.717) is 47.2 Å². The van der Waals surface area contributed by atoms with Gasteiger partial charge >= 0.3 is 0 Å². The van der Waals surface area contributed by atoms with Crippen LogP contribution in [0, 0.1) is 0 Å². The number of aliphatic hydroxyl groups is 6. The summed E-state index contributed by atoms with van der Waals surface area (Å²) in [5, 5.41) is 65.8. The molecule has 0 spiro atoms. The first kappa shape index (κ1) is 35.7. The molecule has 0 fully saturated rings. The second-order valence-corrected chi connectivity index (χ2v) is 11.9. The van der Waals surface area contributed by atoms with E-state index in [2.05, 4.69) is 0 Å². The lowest BCUT2D eigenvalue weighted by Gasteiger charge is -2.39. The van der Waals surface area contributed by atoms with Gasteiger partial charge in [-0.2, -0.15) is 0 Å². The highest BCUT2D eigenvalue weighted by Gasteiger charge is 2.47. The predicted molar refractivity (Wildman–Crippen MR) is 178 cm³/mol. The van der Waals surface area contributed by atoms with Crippen molar-refractivity contribution in [2.45, 2.75) is 56.7 Å². The van der Waals surface area contributed by atoms with Gasteiger partial charge < -0.3 is 40.1 Å². The number of halogens is 2. The molecule has 6 N–H and O–H groups in total. The van der Waals surface area contributed by atoms with Gasteiger partial charge in [0, 0.05) is 10.0 Å². The maximum absolute atomic E-state index is 12.5. The van der Waals surface area contributed by atoms with Gasteiger partial charge in [-0.05, 0) is 96.5 Å². The van der Waals surface area contributed by atoms with Crippen LogP contribution < -0.4 is 9.47 Å². The standard InChI is InChI=1S/C36H40Cl2O8/c1-3-45-28-11-5-22(6-12-28)17-24-19-26(9-15-30(24)37)36(44,35(43)34(42)33(41)32(40)21-39)27-10-16-31(38)25(20-27)18-23-7-13-29(14-8-23)46-4-2/h5-16,19-20,32-35,39-44H,3-4,17-18,21H2,1-2H3. The lowest BCUT2D eigenvalue weighted by Crippen LogP contribution is -2.55. The van der Waals surface area contributed by atoms with Crippen LogP contribution in [0.1, 0.15) is 47.2 Å². The number of hydrogen-bond acceptors (Lipinski definition) is 8. The first-order valence-electron chi connectivity index (χ1n) is 15.1. The monoisotopic (exact) mass is 670 g/mol. The second-order valence-electron chi connectivity index (χ2n) is 11.1. The molecular formula is C36H40Cl2O8. The zero-order chi connectivity index (χ0) is 33.4. The molecule has 0 saturated carbocycles. The smallest absolute Gasteiger partial charge is 0.143 e. The van der Waals surface area contributed by atoms with Crippen LogP contribution in [0.3, 0.4) is 0 Å². The van der Waals surface area contributed by atoms with Gasteiger partial charge in [-0.25, -0.2) is 0 Å². The highest BCUT2D eigenvalue weighted by atomic mass is 35.5. The first-order valence-corrected chi connectivity index (χ1v) is 15.8. The van der Waals surface area contributed by atoms with Crippen LogP contribution in [-0.4, -0.2) is 74.9 Å². The predicted octanol–water partition coefficient (Wildman–Crippen LogP) is 4.64. The Morgan fingerprint density at radius 1 is 0.630 bits per heavy atom. The van der Waals surface area contributed by atoms with Crippen molar-refractivity contribution in [2.75, 3.05) is 19.8 Å². The largest absolute Gasteiger partial charge is 0.494 e. The summed E-state index contributed by atoms with van der Waals surface area (Å²) in [5.41, 5.74) is 1.10. The van der Waals surface area contributed by atoms with Gasteiger partial charge in [0.2, 0.25) is 0 Å². The Kier molecular flexibility index (Phi) is 12.5. The summed E-state index contributed by atoms with van der Waals surface area (Å²) in [5.74, 6) is 1.45. The molecule has 0 aromatic heterocycles. The summed E-state index contributed by atoms with van der Waals surface area (Å²) in [7, 11) is 0. The van der Waals surface area contributed by atoms with E-state index >= 15 is 0 Å². The first-order chi connectivity index (χ1) is 22.0. The van der Waals surface area contributed by atoms with Crippen molar-refractivity contribution in [3.8, 4) is 11.5 Å². The fourth-order valence-electron chi connectivity index (χ4n) is 5.35. The minimum atomic E-state index is -2.33. The lowest BCUT2D eigenvalue weighted by molar-refractivity contribution is -0.163. The van der Waals surface area contributed by atoms with Crippen molar-refractivity contribution in [1.82, 2.24) is 0 Å². The summed E-state index contributed by atoms with van der Waals surface area (Å²) >= 11 is 13.2. The molecule has 0 radical (unpaired) electrons. The van der Waals surface area contributed by atoms with Gasteiger partial charge in [0.05, 0.1) is 19.8 Å². The van der Waals surface area contributed by atoms with Crippen molar-refractivity contribution in [3.63, 3.8) is 0 Å². The molecule has 0 aliphatic carbocycles. The third-order valence-corrected chi connectivity index (χ3v) is 8.65. The highest BCUT2D eigenvalue weighted by molar-refractivity contribution is 6.31. The highest BCUT2D eigenvalue weighted by Crippen LogP contribution is 2.39. The van der Waals surface area contributed by atoms with E-state index < -0.39 is 36.6 Å². The third kappa shape index (κ3) is 8.20. The Morgan fingerprint density at radius 3 is 1.41 bits per heavy atom. The van der Waals surface area contributed by atoms with Crippen LogP contribution in [0.5, 0.6) is 11.5 Å². The van der Waals surface area contributed by atoms with E-state index in [0.717, 1.165) is 22.6 Å². The molecule has 4 aromatic carbocycles. The van der Waals surface area contributed by atoms with Crippen molar-refractivity contribution >= 4 is 23.2 Å². The SMILES string of the molecule is CCOc1ccc(Cc2cc(C(O)(c3ccc(Cl)c(Cc4ccc(OCC)cc4)c3)C(O)C(O)C(O)C(O)CO)ccc2Cl)cc1. The maximum atomic E-state index is 12.5. The number of benzene rings is 4. The minimum absolute atomic E-state index is 0.171. The van der Waals surface area contributed by atoms with Crippen LogP contribution in [0.4, 0.5) is 0 Å². The Labute approximate surface area is 279 Å². The maximum Gasteiger partial charge on any atom is 0.143 e. The third-order valence-electron chi connectivity index (χ3n) is 7.91. The zero-order valence-corrected chi connectivity index (χ0v) is 27.2. The van der Waals surface area contributed by atoms with E-state index in [4.69, 9.17) is 32.7 Å². The Bertz CT molecular complexity index is 1460. The summed E-state index contributed by atoms with van der Waals surface area (Å²) in [4.78, 5) is 0. The quantitative estimate of drug-likeness (QED) is 0.108. The van der Waals surface area contributed by atoms with E-state index in [-0.39, 0.29) is 11.1 Å². The number of ether oxygens (including phenoxy) is 2. The van der Waals surface area contributed by atoms with Crippen molar-refractivity contribution in [3.05, 3.63) is 128 Å². The van der Waals surface area contributed by atoms with Crippen molar-refractivity contribution in [2.24, 2.45) is 0 Å². The molecular weight excluding hydrogens is 631 g/mol. The second kappa shape index (κ2) is 16.1. The van der Waals surface area contributed by atoms with Gasteiger partial charge in [-0.3, -0.25) is 0 Å². The molecule has 0 amide bonds. The zero-order valence-electron chi connectivity index (χ0n) is 25.7. The van der Waals surface area contributed by atoms with Gasteiger partial charge in [0.1, 0.15) is 41.5 Å². The molecule has 0 aliphatic rings. The number of rotatable bonds is 15. The Hall–Kier alpha value is -3.18. The fraction of sp³-hybridized carbons (Fsp3) is 0.333. The molecule has 0 heterocycles.